The van der Waals surface area contributed by atoms with Crippen LogP contribution in [0.15, 0.2) is 0 Å². The van der Waals surface area contributed by atoms with E-state index in [1.807, 2.05) is 0 Å². The second-order valence-corrected chi connectivity index (χ2v) is 17.0. The van der Waals surface area contributed by atoms with E-state index >= 15 is 0 Å². The molecule has 0 aromatic heterocycles. The Kier molecular flexibility index (Phi) is 12.3. The van der Waals surface area contributed by atoms with E-state index in [0.717, 1.165) is 0 Å². The first-order valence-electron chi connectivity index (χ1n) is 6.65. The van der Waals surface area contributed by atoms with Crippen LogP contribution < -0.4 is 0 Å². The van der Waals surface area contributed by atoms with Crippen LogP contribution >= 0.6 is 0 Å². The van der Waals surface area contributed by atoms with E-state index < -0.39 is 16.1 Å². The predicted molar refractivity (Wildman–Crippen MR) is 94.0 cm³/mol. The van der Waals surface area contributed by atoms with Crippen molar-refractivity contribution in [2.45, 2.75) is 39.3 Å². The van der Waals surface area contributed by atoms with Crippen molar-refractivity contribution in [2.24, 2.45) is 0 Å². The van der Waals surface area contributed by atoms with Crippen molar-refractivity contribution in [2.75, 3.05) is 0 Å². The molecule has 2 rings (SSSR count). The Hall–Kier alpha value is 1.54. The summed E-state index contributed by atoms with van der Waals surface area (Å²) in [4.78, 5) is 0. The van der Waals surface area contributed by atoms with E-state index in [2.05, 4.69) is 90.6 Å². The Labute approximate surface area is 157 Å². The van der Waals surface area contributed by atoms with Crippen molar-refractivity contribution in [1.82, 2.24) is 0 Å². The van der Waals surface area contributed by atoms with E-state index in [9.17, 15) is 0 Å². The zero-order valence-corrected chi connectivity index (χ0v) is 19.0. The zero-order valence-electron chi connectivity index (χ0n) is 14.2. The van der Waals surface area contributed by atoms with Crippen LogP contribution in [0.25, 0.3) is 0 Å². The average Bonchev–Trinajstić information content (AvgIpc) is 2.91. The van der Waals surface area contributed by atoms with Gasteiger partial charge in [-0.3, -0.25) is 0 Å². The number of hydrogen-bond donors (Lipinski definition) is 0. The topological polar surface area (TPSA) is 0 Å². The molecule has 0 aromatic carbocycles. The van der Waals surface area contributed by atoms with Crippen molar-refractivity contribution < 1.29 is 32.7 Å². The maximum atomic E-state index is 2.36. The Morgan fingerprint density at radius 1 is 0.550 bits per heavy atom. The van der Waals surface area contributed by atoms with E-state index in [4.69, 9.17) is 0 Å². The molecule has 11 radical (unpaired) electrons. The number of hydrogen-bond acceptors (Lipinski definition) is 0. The average molecular weight is 378 g/mol. The minimum atomic E-state index is -0.981. The van der Waals surface area contributed by atoms with Gasteiger partial charge in [0.15, 0.2) is 0 Å². The standard InChI is InChI=1S/2C8H13Si.CH3.Y/c2*1-9(2,3)8-6-4-5-7-8;;/h2*4-7H,1-3H3;1H3;/q;;-1;. The molecule has 2 aliphatic rings. The summed E-state index contributed by atoms with van der Waals surface area (Å²) in [5.41, 5.74) is 3.12. The molecule has 0 nitrogen and oxygen atoms in total. The van der Waals surface area contributed by atoms with Crippen molar-refractivity contribution in [3.05, 3.63) is 69.9 Å². The van der Waals surface area contributed by atoms with Gasteiger partial charge in [0.2, 0.25) is 0 Å². The quantitative estimate of drug-likeness (QED) is 0.469. The maximum Gasteiger partial charge on any atom is 0.0516 e. The minimum Gasteiger partial charge on any atom is -0.358 e. The summed E-state index contributed by atoms with van der Waals surface area (Å²) in [6.45, 7) is 14.2. The van der Waals surface area contributed by atoms with Crippen molar-refractivity contribution in [1.29, 1.82) is 0 Å². The SMILES string of the molecule is C[Si](C)(C)[C]1[CH][CH][CH][CH]1.C[Si](C)(C)[C]1[CH][CH][CH][CH]1.[CH3-].[Y]. The molecule has 2 aliphatic carbocycles. The second kappa shape index (κ2) is 10.3. The third-order valence-electron chi connectivity index (χ3n) is 3.06. The molecule has 0 spiro atoms. The summed E-state index contributed by atoms with van der Waals surface area (Å²) in [5.74, 6) is 0. The molecule has 20 heavy (non-hydrogen) atoms. The molecule has 0 unspecified atom stereocenters. The van der Waals surface area contributed by atoms with Crippen molar-refractivity contribution >= 4 is 16.1 Å². The largest absolute Gasteiger partial charge is 0.358 e. The van der Waals surface area contributed by atoms with Crippen molar-refractivity contribution in [3.8, 4) is 0 Å². The van der Waals surface area contributed by atoms with Gasteiger partial charge < -0.3 is 7.43 Å². The second-order valence-electron chi connectivity index (χ2n) is 6.85. The third kappa shape index (κ3) is 8.85. The van der Waals surface area contributed by atoms with Gasteiger partial charge in [-0.1, -0.05) is 39.3 Å². The van der Waals surface area contributed by atoms with Crippen LogP contribution in [0, 0.1) is 69.9 Å². The fourth-order valence-corrected chi connectivity index (χ4v) is 4.13. The molecule has 3 heteroatoms. The van der Waals surface area contributed by atoms with E-state index in [1.54, 1.807) is 11.1 Å². The van der Waals surface area contributed by atoms with E-state index in [1.165, 1.54) is 0 Å². The van der Waals surface area contributed by atoms with Crippen molar-refractivity contribution in [3.63, 3.8) is 0 Å². The van der Waals surface area contributed by atoms with Crippen LogP contribution in [0.2, 0.25) is 39.3 Å². The first-order valence-corrected chi connectivity index (χ1v) is 13.7. The Morgan fingerprint density at radius 3 is 0.850 bits per heavy atom. The first-order chi connectivity index (χ1) is 8.21. The van der Waals surface area contributed by atoms with Crippen LogP contribution in [0.4, 0.5) is 0 Å². The smallest absolute Gasteiger partial charge is 0.0516 e. The molecule has 109 valence electrons. The van der Waals surface area contributed by atoms with Gasteiger partial charge in [0, 0.05) is 32.7 Å². The molecule has 0 saturated heterocycles. The summed E-state index contributed by atoms with van der Waals surface area (Å²) < 4.78 is 0. The minimum absolute atomic E-state index is 0. The van der Waals surface area contributed by atoms with Gasteiger partial charge in [-0.05, 0) is 62.4 Å². The molecule has 0 bridgehead atoms. The molecule has 0 aliphatic heterocycles. The first kappa shape index (κ1) is 23.8. The van der Waals surface area contributed by atoms with Crippen LogP contribution in [0.3, 0.4) is 0 Å². The molecular weight excluding hydrogens is 349 g/mol. The van der Waals surface area contributed by atoms with Gasteiger partial charge in [0.25, 0.3) is 0 Å². The third-order valence-corrected chi connectivity index (χ3v) is 7.19. The van der Waals surface area contributed by atoms with E-state index in [0.29, 0.717) is 0 Å². The van der Waals surface area contributed by atoms with Gasteiger partial charge in [0.05, 0.1) is 16.1 Å². The van der Waals surface area contributed by atoms with Gasteiger partial charge in [-0.15, -0.1) is 0 Å². The van der Waals surface area contributed by atoms with Crippen LogP contribution in [-0.2, 0) is 32.7 Å². The van der Waals surface area contributed by atoms with Gasteiger partial charge in [0.1, 0.15) is 0 Å². The Bertz CT molecular complexity index is 202. The molecule has 0 N–H and O–H groups in total. The summed E-state index contributed by atoms with van der Waals surface area (Å²) >= 11 is 0. The number of rotatable bonds is 2. The molecule has 2 saturated carbocycles. The maximum absolute atomic E-state index is 2.36. The fraction of sp³-hybridized carbons (Fsp3) is 0.353. The summed E-state index contributed by atoms with van der Waals surface area (Å²) in [6, 6.07) is 0. The normalized spacial score (nSPS) is 20.7. The molecule has 0 heterocycles. The predicted octanol–water partition coefficient (Wildman–Crippen LogP) is 4.99. The monoisotopic (exact) mass is 378 g/mol. The van der Waals surface area contributed by atoms with E-state index in [-0.39, 0.29) is 40.1 Å². The Balaban J connectivity index is 0. The summed E-state index contributed by atoms with van der Waals surface area (Å²) in [7, 11) is -1.96. The molecule has 2 fully saturated rings. The van der Waals surface area contributed by atoms with Gasteiger partial charge in [-0.25, -0.2) is 0 Å². The summed E-state index contributed by atoms with van der Waals surface area (Å²) in [6.07, 6.45) is 17.4. The zero-order chi connectivity index (χ0) is 13.8. The molecule has 0 aromatic rings. The van der Waals surface area contributed by atoms with Crippen LogP contribution in [-0.4, -0.2) is 16.1 Å². The summed E-state index contributed by atoms with van der Waals surface area (Å²) in [5, 5.41) is 0. The van der Waals surface area contributed by atoms with Gasteiger partial charge in [-0.2, -0.15) is 0 Å². The molecule has 0 atom stereocenters. The van der Waals surface area contributed by atoms with Crippen LogP contribution in [0.1, 0.15) is 0 Å². The Morgan fingerprint density at radius 2 is 0.750 bits per heavy atom. The fourth-order valence-electron chi connectivity index (χ4n) is 1.75. The van der Waals surface area contributed by atoms with Gasteiger partial charge >= 0.3 is 0 Å². The molecule has 0 amide bonds. The molecular formula is C17H29Si2Y-. The van der Waals surface area contributed by atoms with Crippen LogP contribution in [0.5, 0.6) is 0 Å².